The largest absolute Gasteiger partial charge is 0.302 e. The molecule has 1 heterocycles. The van der Waals surface area contributed by atoms with E-state index in [9.17, 15) is 0 Å². The second kappa shape index (κ2) is 7.06. The average molecular weight is 297 g/mol. The lowest BCUT2D eigenvalue weighted by molar-refractivity contribution is 0.375. The van der Waals surface area contributed by atoms with Crippen LogP contribution in [0.3, 0.4) is 0 Å². The molecule has 0 fully saturated rings. The first-order valence-electron chi connectivity index (χ1n) is 7.81. The van der Waals surface area contributed by atoms with Gasteiger partial charge in [0, 0.05) is 18.0 Å². The quantitative estimate of drug-likeness (QED) is 0.777. The molecule has 0 saturated carbocycles. The minimum absolute atomic E-state index is 1.05. The fourth-order valence-electron chi connectivity index (χ4n) is 2.93. The number of rotatable bonds is 5. The molecule has 1 nitrogen and oxygen atoms in total. The maximum absolute atomic E-state index is 2.44. The molecule has 0 bridgehead atoms. The van der Waals surface area contributed by atoms with Crippen molar-refractivity contribution in [1.29, 1.82) is 0 Å². The van der Waals surface area contributed by atoms with Crippen molar-refractivity contribution < 1.29 is 0 Å². The summed E-state index contributed by atoms with van der Waals surface area (Å²) in [4.78, 5) is 4.00. The minimum Gasteiger partial charge on any atom is -0.302 e. The molecule has 1 aromatic heterocycles. The molecule has 110 valence electrons. The third kappa shape index (κ3) is 3.84. The summed E-state index contributed by atoms with van der Waals surface area (Å²) in [7, 11) is 2.22. The summed E-state index contributed by atoms with van der Waals surface area (Å²) in [5.41, 5.74) is 4.50. The number of aryl methyl sites for hydroxylation is 1. The van der Waals surface area contributed by atoms with Crippen molar-refractivity contribution in [2.45, 2.75) is 25.7 Å². The lowest BCUT2D eigenvalue weighted by Crippen LogP contribution is -2.21. The third-order valence-electron chi connectivity index (χ3n) is 4.22. The number of thiophene rings is 1. The monoisotopic (exact) mass is 297 g/mol. The summed E-state index contributed by atoms with van der Waals surface area (Å²) in [6, 6.07) is 13.1. The lowest BCUT2D eigenvalue weighted by Gasteiger charge is -2.18. The average Bonchev–Trinajstić information content (AvgIpc) is 3.01. The number of allylic oxidation sites excluding steroid dienone is 1. The first-order chi connectivity index (χ1) is 10.3. The van der Waals surface area contributed by atoms with Crippen LogP contribution in [0, 0.1) is 0 Å². The van der Waals surface area contributed by atoms with Crippen LogP contribution < -0.4 is 0 Å². The smallest absolute Gasteiger partial charge is 0.0166 e. The highest BCUT2D eigenvalue weighted by Gasteiger charge is 2.14. The molecule has 21 heavy (non-hydrogen) atoms. The Bertz CT molecular complexity index is 597. The summed E-state index contributed by atoms with van der Waals surface area (Å²) >= 11 is 1.92. The van der Waals surface area contributed by atoms with Crippen LogP contribution in [0.4, 0.5) is 0 Å². The minimum atomic E-state index is 1.05. The molecule has 0 amide bonds. The van der Waals surface area contributed by atoms with Crippen molar-refractivity contribution in [1.82, 2.24) is 4.90 Å². The van der Waals surface area contributed by atoms with Crippen LogP contribution in [0.5, 0.6) is 0 Å². The van der Waals surface area contributed by atoms with Crippen LogP contribution in [-0.2, 0) is 12.8 Å². The van der Waals surface area contributed by atoms with Crippen molar-refractivity contribution in [3.05, 3.63) is 63.9 Å². The van der Waals surface area contributed by atoms with E-state index in [-0.39, 0.29) is 0 Å². The molecule has 0 N–H and O–H groups in total. The number of hydrogen-bond acceptors (Lipinski definition) is 2. The van der Waals surface area contributed by atoms with Crippen LogP contribution in [-0.4, -0.2) is 25.0 Å². The van der Waals surface area contributed by atoms with Crippen molar-refractivity contribution in [3.8, 4) is 0 Å². The number of hydrogen-bond donors (Lipinski definition) is 0. The van der Waals surface area contributed by atoms with E-state index >= 15 is 0 Å². The van der Waals surface area contributed by atoms with Gasteiger partial charge in [-0.1, -0.05) is 36.4 Å². The Morgan fingerprint density at radius 2 is 2.00 bits per heavy atom. The van der Waals surface area contributed by atoms with Crippen molar-refractivity contribution in [2.75, 3.05) is 20.1 Å². The normalized spacial score (nSPS) is 16.4. The summed E-state index contributed by atoms with van der Waals surface area (Å²) < 4.78 is 0. The highest BCUT2D eigenvalue weighted by molar-refractivity contribution is 7.10. The van der Waals surface area contributed by atoms with Gasteiger partial charge in [-0.2, -0.15) is 0 Å². The zero-order valence-electron chi connectivity index (χ0n) is 12.7. The number of fused-ring (bicyclic) bond motifs is 1. The van der Waals surface area contributed by atoms with E-state index in [2.05, 4.69) is 59.8 Å². The zero-order chi connectivity index (χ0) is 14.5. The first-order valence-corrected chi connectivity index (χ1v) is 8.69. The van der Waals surface area contributed by atoms with Gasteiger partial charge in [-0.3, -0.25) is 0 Å². The third-order valence-corrected chi connectivity index (χ3v) is 5.20. The molecule has 3 rings (SSSR count). The van der Waals surface area contributed by atoms with Crippen molar-refractivity contribution in [3.63, 3.8) is 0 Å². The van der Waals surface area contributed by atoms with Gasteiger partial charge >= 0.3 is 0 Å². The Balaban J connectivity index is 1.54. The maximum Gasteiger partial charge on any atom is 0.0166 e. The SMILES string of the molecule is CN(CC=C1CCCc2sccc21)CCc1ccccc1. The van der Waals surface area contributed by atoms with Crippen LogP contribution in [0.1, 0.15) is 28.8 Å². The Morgan fingerprint density at radius 1 is 1.14 bits per heavy atom. The summed E-state index contributed by atoms with van der Waals surface area (Å²) in [5, 5.41) is 2.24. The van der Waals surface area contributed by atoms with Gasteiger partial charge in [0.1, 0.15) is 0 Å². The summed E-state index contributed by atoms with van der Waals surface area (Å²) in [6.07, 6.45) is 7.40. The highest BCUT2D eigenvalue weighted by Crippen LogP contribution is 2.33. The maximum atomic E-state index is 2.44. The molecular formula is C19H23NS. The molecule has 0 atom stereocenters. The predicted octanol–water partition coefficient (Wildman–Crippen LogP) is 4.64. The van der Waals surface area contributed by atoms with Crippen LogP contribution in [0.15, 0.2) is 47.9 Å². The molecule has 0 radical (unpaired) electrons. The molecule has 2 heteroatoms. The molecular weight excluding hydrogens is 274 g/mol. The van der Waals surface area contributed by atoms with Crippen LogP contribution in [0.2, 0.25) is 0 Å². The Hall–Kier alpha value is -1.38. The van der Waals surface area contributed by atoms with Crippen molar-refractivity contribution >= 4 is 16.9 Å². The predicted molar refractivity (Wildman–Crippen MR) is 92.9 cm³/mol. The number of nitrogens with zero attached hydrogens (tertiary/aromatic N) is 1. The van der Waals surface area contributed by atoms with Gasteiger partial charge in [0.25, 0.3) is 0 Å². The molecule has 1 aliphatic carbocycles. The van der Waals surface area contributed by atoms with E-state index in [1.54, 1.807) is 10.5 Å². The highest BCUT2D eigenvalue weighted by atomic mass is 32.1. The topological polar surface area (TPSA) is 3.24 Å². The van der Waals surface area contributed by atoms with Gasteiger partial charge in [0.05, 0.1) is 0 Å². The van der Waals surface area contributed by atoms with E-state index in [0.717, 1.165) is 19.5 Å². The zero-order valence-corrected chi connectivity index (χ0v) is 13.5. The summed E-state index contributed by atoms with van der Waals surface area (Å²) in [5.74, 6) is 0. The van der Waals surface area contributed by atoms with Crippen molar-refractivity contribution in [2.24, 2.45) is 0 Å². The fourth-order valence-corrected chi connectivity index (χ4v) is 3.89. The Labute approximate surface area is 131 Å². The molecule has 1 aromatic carbocycles. The second-order valence-electron chi connectivity index (χ2n) is 5.84. The van der Waals surface area contributed by atoms with Gasteiger partial charge in [0.15, 0.2) is 0 Å². The van der Waals surface area contributed by atoms with E-state index in [0.29, 0.717) is 0 Å². The van der Waals surface area contributed by atoms with Crippen LogP contribution in [0.25, 0.3) is 5.57 Å². The number of benzene rings is 1. The summed E-state index contributed by atoms with van der Waals surface area (Å²) in [6.45, 7) is 2.17. The van der Waals surface area contributed by atoms with E-state index in [1.807, 2.05) is 11.3 Å². The molecule has 2 aromatic rings. The number of likely N-dealkylation sites (N-methyl/N-ethyl adjacent to an activating group) is 1. The molecule has 1 aliphatic rings. The van der Waals surface area contributed by atoms with E-state index < -0.39 is 0 Å². The van der Waals surface area contributed by atoms with Gasteiger partial charge in [-0.15, -0.1) is 11.3 Å². The molecule has 0 unspecified atom stereocenters. The first kappa shape index (κ1) is 14.6. The Kier molecular flexibility index (Phi) is 4.89. The van der Waals surface area contributed by atoms with Gasteiger partial charge in [-0.05, 0) is 60.9 Å². The van der Waals surface area contributed by atoms with Gasteiger partial charge < -0.3 is 4.90 Å². The second-order valence-corrected chi connectivity index (χ2v) is 6.84. The molecule has 0 spiro atoms. The van der Waals surface area contributed by atoms with Crippen LogP contribution >= 0.6 is 11.3 Å². The van der Waals surface area contributed by atoms with E-state index in [4.69, 9.17) is 0 Å². The van der Waals surface area contributed by atoms with E-state index in [1.165, 1.54) is 30.4 Å². The fraction of sp³-hybridized carbons (Fsp3) is 0.368. The Morgan fingerprint density at radius 3 is 2.86 bits per heavy atom. The lowest BCUT2D eigenvalue weighted by atomic mass is 9.93. The van der Waals surface area contributed by atoms with Gasteiger partial charge in [0.2, 0.25) is 0 Å². The molecule has 0 aliphatic heterocycles. The van der Waals surface area contributed by atoms with Gasteiger partial charge in [-0.25, -0.2) is 0 Å². The standard InChI is InChI=1S/C19H23NS/c1-20(13-10-16-6-3-2-4-7-16)14-11-17-8-5-9-19-18(17)12-15-21-19/h2-4,6-7,11-12,15H,5,8-10,13-14H2,1H3. The molecule has 0 saturated heterocycles.